The maximum absolute atomic E-state index is 13.5. The van der Waals surface area contributed by atoms with Crippen molar-refractivity contribution < 1.29 is 13.9 Å². The van der Waals surface area contributed by atoms with E-state index >= 15 is 0 Å². The fourth-order valence-electron chi connectivity index (χ4n) is 4.34. The van der Waals surface area contributed by atoms with E-state index in [2.05, 4.69) is 41.2 Å². The van der Waals surface area contributed by atoms with Crippen LogP contribution in [0.2, 0.25) is 0 Å². The molecule has 1 aliphatic rings. The van der Waals surface area contributed by atoms with Crippen LogP contribution >= 0.6 is 0 Å². The Bertz CT molecular complexity index is 1280. The Labute approximate surface area is 191 Å². The van der Waals surface area contributed by atoms with E-state index in [0.717, 1.165) is 28.9 Å². The van der Waals surface area contributed by atoms with Crippen molar-refractivity contribution >= 4 is 16.8 Å². The van der Waals surface area contributed by atoms with Crippen LogP contribution in [0.5, 0.6) is 5.75 Å². The summed E-state index contributed by atoms with van der Waals surface area (Å²) in [4.78, 5) is 17.8. The SMILES string of the molecule is CC(C)c1ccc(OCc2cc(C3CCN(C(=O)c4cc5ccc(F)cc5[nH]4)C3)n[nH]2)cc1. The number of amides is 1. The number of H-pyrrole nitrogens is 2. The molecular weight excluding hydrogens is 419 g/mol. The predicted molar refractivity (Wildman–Crippen MR) is 125 cm³/mol. The number of aromatic nitrogens is 3. The van der Waals surface area contributed by atoms with Crippen LogP contribution < -0.4 is 4.74 Å². The third-order valence-electron chi connectivity index (χ3n) is 6.30. The van der Waals surface area contributed by atoms with Gasteiger partial charge in [0.2, 0.25) is 0 Å². The van der Waals surface area contributed by atoms with Gasteiger partial charge in [-0.25, -0.2) is 4.39 Å². The van der Waals surface area contributed by atoms with E-state index in [1.165, 1.54) is 17.7 Å². The molecule has 1 aliphatic heterocycles. The Morgan fingerprint density at radius 2 is 2.00 bits per heavy atom. The minimum atomic E-state index is -0.324. The Morgan fingerprint density at radius 3 is 2.79 bits per heavy atom. The van der Waals surface area contributed by atoms with Gasteiger partial charge in [0.25, 0.3) is 5.91 Å². The molecule has 2 aromatic heterocycles. The number of ether oxygens (including phenoxy) is 1. The first-order valence-electron chi connectivity index (χ1n) is 11.3. The number of rotatable bonds is 6. The number of halogens is 1. The summed E-state index contributed by atoms with van der Waals surface area (Å²) in [6, 6.07) is 16.4. The minimum Gasteiger partial charge on any atom is -0.487 e. The van der Waals surface area contributed by atoms with Crippen LogP contribution in [0.25, 0.3) is 10.9 Å². The Morgan fingerprint density at radius 1 is 1.18 bits per heavy atom. The number of hydrogen-bond donors (Lipinski definition) is 2. The molecular formula is C26H27FN4O2. The van der Waals surface area contributed by atoms with Gasteiger partial charge >= 0.3 is 0 Å². The van der Waals surface area contributed by atoms with Crippen LogP contribution in [0.1, 0.15) is 59.5 Å². The van der Waals surface area contributed by atoms with E-state index in [1.54, 1.807) is 12.1 Å². The molecule has 1 fully saturated rings. The van der Waals surface area contributed by atoms with E-state index in [0.29, 0.717) is 36.8 Å². The van der Waals surface area contributed by atoms with Crippen LogP contribution in [-0.4, -0.2) is 39.1 Å². The van der Waals surface area contributed by atoms with Gasteiger partial charge in [-0.1, -0.05) is 26.0 Å². The van der Waals surface area contributed by atoms with Crippen LogP contribution in [0, 0.1) is 5.82 Å². The van der Waals surface area contributed by atoms with Gasteiger partial charge in [-0.15, -0.1) is 0 Å². The number of carbonyl (C=O) groups excluding carboxylic acids is 1. The molecule has 1 amide bonds. The molecule has 3 heterocycles. The van der Waals surface area contributed by atoms with Crippen molar-refractivity contribution in [2.24, 2.45) is 0 Å². The molecule has 5 rings (SSSR count). The largest absolute Gasteiger partial charge is 0.487 e. The van der Waals surface area contributed by atoms with Crippen molar-refractivity contribution in [2.75, 3.05) is 13.1 Å². The molecule has 1 atom stereocenters. The highest BCUT2D eigenvalue weighted by Crippen LogP contribution is 2.28. The second-order valence-electron chi connectivity index (χ2n) is 8.98. The Balaban J connectivity index is 1.19. The monoisotopic (exact) mass is 446 g/mol. The van der Waals surface area contributed by atoms with Crippen molar-refractivity contribution in [3.63, 3.8) is 0 Å². The first-order valence-corrected chi connectivity index (χ1v) is 11.3. The highest BCUT2D eigenvalue weighted by atomic mass is 19.1. The number of fused-ring (bicyclic) bond motifs is 1. The van der Waals surface area contributed by atoms with Crippen molar-refractivity contribution in [1.82, 2.24) is 20.1 Å². The van der Waals surface area contributed by atoms with Crippen molar-refractivity contribution in [3.8, 4) is 5.75 Å². The average Bonchev–Trinajstić information content (AvgIpc) is 3.56. The zero-order chi connectivity index (χ0) is 22.9. The molecule has 6 nitrogen and oxygen atoms in total. The second-order valence-corrected chi connectivity index (χ2v) is 8.98. The minimum absolute atomic E-state index is 0.0713. The van der Waals surface area contributed by atoms with Crippen LogP contribution in [-0.2, 0) is 6.61 Å². The Hall–Kier alpha value is -3.61. The van der Waals surface area contributed by atoms with Gasteiger partial charge in [0.05, 0.1) is 11.4 Å². The molecule has 0 saturated carbocycles. The number of carbonyl (C=O) groups is 1. The molecule has 1 unspecified atom stereocenters. The summed E-state index contributed by atoms with van der Waals surface area (Å²) in [5.41, 5.74) is 4.24. The highest BCUT2D eigenvalue weighted by Gasteiger charge is 2.30. The first kappa shape index (κ1) is 21.2. The molecule has 0 aliphatic carbocycles. The zero-order valence-corrected chi connectivity index (χ0v) is 18.8. The number of benzene rings is 2. The van der Waals surface area contributed by atoms with Crippen molar-refractivity contribution in [1.29, 1.82) is 0 Å². The van der Waals surface area contributed by atoms with E-state index < -0.39 is 0 Å². The smallest absolute Gasteiger partial charge is 0.270 e. The normalized spacial score (nSPS) is 16.1. The molecule has 2 N–H and O–H groups in total. The third kappa shape index (κ3) is 4.49. The summed E-state index contributed by atoms with van der Waals surface area (Å²) in [6.45, 7) is 6.01. The first-order chi connectivity index (χ1) is 16.0. The van der Waals surface area contributed by atoms with Crippen molar-refractivity contribution in [2.45, 2.75) is 38.7 Å². The number of nitrogens with one attached hydrogen (secondary N) is 2. The number of likely N-dealkylation sites (tertiary alicyclic amines) is 1. The maximum atomic E-state index is 13.5. The molecule has 33 heavy (non-hydrogen) atoms. The number of aromatic amines is 2. The van der Waals surface area contributed by atoms with Crippen LogP contribution in [0.4, 0.5) is 4.39 Å². The van der Waals surface area contributed by atoms with Gasteiger partial charge in [0, 0.05) is 29.9 Å². The van der Waals surface area contributed by atoms with Crippen LogP contribution in [0.15, 0.2) is 54.6 Å². The fraction of sp³-hybridized carbons (Fsp3) is 0.308. The fourth-order valence-corrected chi connectivity index (χ4v) is 4.34. The zero-order valence-electron chi connectivity index (χ0n) is 18.8. The lowest BCUT2D eigenvalue weighted by molar-refractivity contribution is 0.0786. The summed E-state index contributed by atoms with van der Waals surface area (Å²) >= 11 is 0. The summed E-state index contributed by atoms with van der Waals surface area (Å²) in [5, 5.41) is 8.35. The van der Waals surface area contributed by atoms with Crippen molar-refractivity contribution in [3.05, 3.63) is 83.1 Å². The quantitative estimate of drug-likeness (QED) is 0.419. The molecule has 170 valence electrons. The maximum Gasteiger partial charge on any atom is 0.270 e. The lowest BCUT2D eigenvalue weighted by Crippen LogP contribution is -2.28. The summed E-state index contributed by atoms with van der Waals surface area (Å²) in [6.07, 6.45) is 0.850. The topological polar surface area (TPSA) is 74.0 Å². The third-order valence-corrected chi connectivity index (χ3v) is 6.30. The van der Waals surface area contributed by atoms with Gasteiger partial charge in [-0.05, 0) is 60.4 Å². The molecule has 1 saturated heterocycles. The summed E-state index contributed by atoms with van der Waals surface area (Å²) in [7, 11) is 0. The van der Waals surface area contributed by atoms with E-state index in [1.807, 2.05) is 23.1 Å². The lowest BCUT2D eigenvalue weighted by Gasteiger charge is -2.15. The summed E-state index contributed by atoms with van der Waals surface area (Å²) < 4.78 is 19.3. The van der Waals surface area contributed by atoms with E-state index in [9.17, 15) is 9.18 Å². The number of hydrogen-bond acceptors (Lipinski definition) is 3. The van der Waals surface area contributed by atoms with Gasteiger partial charge in [0.15, 0.2) is 0 Å². The average molecular weight is 447 g/mol. The molecule has 0 bridgehead atoms. The molecule has 0 spiro atoms. The Kier molecular flexibility index (Phi) is 5.62. The van der Waals surface area contributed by atoms with Gasteiger partial charge < -0.3 is 14.6 Å². The highest BCUT2D eigenvalue weighted by molar-refractivity contribution is 5.98. The second kappa shape index (κ2) is 8.73. The van der Waals surface area contributed by atoms with Crippen LogP contribution in [0.3, 0.4) is 0 Å². The number of nitrogens with zero attached hydrogens (tertiary/aromatic N) is 2. The van der Waals surface area contributed by atoms with Gasteiger partial charge in [-0.2, -0.15) is 5.10 Å². The molecule has 4 aromatic rings. The lowest BCUT2D eigenvalue weighted by atomic mass is 10.0. The molecule has 7 heteroatoms. The van der Waals surface area contributed by atoms with E-state index in [-0.39, 0.29) is 17.6 Å². The summed E-state index contributed by atoms with van der Waals surface area (Å²) in [5.74, 6) is 1.09. The van der Waals surface area contributed by atoms with Gasteiger partial charge in [0.1, 0.15) is 23.9 Å². The van der Waals surface area contributed by atoms with Gasteiger partial charge in [-0.3, -0.25) is 9.89 Å². The van der Waals surface area contributed by atoms with E-state index in [4.69, 9.17) is 4.74 Å². The molecule has 0 radical (unpaired) electrons. The standard InChI is InChI=1S/C26H27FN4O2/c1-16(2)17-4-7-22(8-5-17)33-15-21-13-24(30-29-21)19-9-10-31(14-19)26(32)25-11-18-3-6-20(27)12-23(18)28-25/h3-8,11-13,16,19,28H,9-10,14-15H2,1-2H3,(H,29,30). The predicted octanol–water partition coefficient (Wildman–Crippen LogP) is 5.36. The molecule has 2 aromatic carbocycles.